The van der Waals surface area contributed by atoms with Crippen LogP contribution >= 0.6 is 23.5 Å². The molecular weight excluding hydrogens is 456 g/mol. The average Bonchev–Trinajstić information content (AvgIpc) is 2.75. The van der Waals surface area contributed by atoms with E-state index in [0.29, 0.717) is 6.42 Å². The molecule has 0 spiro atoms. The zero-order valence-corrected chi connectivity index (χ0v) is 19.7. The Morgan fingerprint density at radius 1 is 1.06 bits per heavy atom. The third-order valence-corrected chi connectivity index (χ3v) is 6.81. The Bertz CT molecular complexity index is 1010. The van der Waals surface area contributed by atoms with Crippen molar-refractivity contribution in [2.45, 2.75) is 30.4 Å². The number of phenols is 2. The maximum atomic E-state index is 13.3. The highest BCUT2D eigenvalue weighted by molar-refractivity contribution is 8.00. The van der Waals surface area contributed by atoms with Crippen LogP contribution in [0.15, 0.2) is 34.3 Å². The summed E-state index contributed by atoms with van der Waals surface area (Å²) in [5.74, 6) is -3.45. The molecule has 1 aromatic rings. The Labute approximate surface area is 194 Å². The van der Waals surface area contributed by atoms with Crippen molar-refractivity contribution in [2.24, 2.45) is 0 Å². The lowest BCUT2D eigenvalue weighted by Gasteiger charge is -2.24. The summed E-state index contributed by atoms with van der Waals surface area (Å²) in [6, 6.07) is 1.14. The van der Waals surface area contributed by atoms with Crippen molar-refractivity contribution in [1.82, 2.24) is 0 Å². The standard InChI is InChI=1S/C22H24O8S2/c1-11(2)5-6-15(31-9-17(25)29-3)12-7-13(23)19-14(24)8-16(32-10-18(26)30-4)22(28)20(19)21(12)27/h5,7-8,15,24,28H,6,9-10H2,1-4H3. The molecule has 32 heavy (non-hydrogen) atoms. The maximum absolute atomic E-state index is 13.3. The summed E-state index contributed by atoms with van der Waals surface area (Å²) < 4.78 is 9.23. The van der Waals surface area contributed by atoms with Crippen molar-refractivity contribution in [2.75, 3.05) is 25.7 Å². The number of aromatic hydroxyl groups is 2. The summed E-state index contributed by atoms with van der Waals surface area (Å²) in [5.41, 5.74) is 0.489. The van der Waals surface area contributed by atoms with Gasteiger partial charge in [-0.2, -0.15) is 0 Å². The van der Waals surface area contributed by atoms with Gasteiger partial charge in [0.15, 0.2) is 11.6 Å². The molecule has 8 nitrogen and oxygen atoms in total. The number of ether oxygens (including phenoxy) is 2. The number of benzene rings is 1. The minimum absolute atomic E-state index is 0.0321. The van der Waals surface area contributed by atoms with Crippen LogP contribution in [0.4, 0.5) is 0 Å². The van der Waals surface area contributed by atoms with Gasteiger partial charge in [-0.05, 0) is 32.4 Å². The highest BCUT2D eigenvalue weighted by Gasteiger charge is 2.36. The van der Waals surface area contributed by atoms with Crippen LogP contribution in [0.3, 0.4) is 0 Å². The minimum Gasteiger partial charge on any atom is -0.507 e. The number of methoxy groups -OCH3 is 2. The Morgan fingerprint density at radius 3 is 2.28 bits per heavy atom. The molecule has 1 aliphatic carbocycles. The van der Waals surface area contributed by atoms with E-state index in [1.807, 2.05) is 19.9 Å². The molecule has 0 bridgehead atoms. The number of carbonyl (C=O) groups is 4. The summed E-state index contributed by atoms with van der Waals surface area (Å²) in [5, 5.41) is 20.5. The molecule has 1 aromatic carbocycles. The fourth-order valence-electron chi connectivity index (χ4n) is 2.93. The van der Waals surface area contributed by atoms with Gasteiger partial charge in [0.25, 0.3) is 0 Å². The first-order chi connectivity index (χ1) is 15.1. The third kappa shape index (κ3) is 5.95. The lowest BCUT2D eigenvalue weighted by Crippen LogP contribution is -2.25. The van der Waals surface area contributed by atoms with Crippen LogP contribution in [0, 0.1) is 0 Å². The largest absolute Gasteiger partial charge is 0.507 e. The van der Waals surface area contributed by atoms with Gasteiger partial charge in [0.1, 0.15) is 11.5 Å². The molecule has 10 heteroatoms. The first kappa shape index (κ1) is 25.5. The molecule has 1 aliphatic rings. The number of ketones is 2. The molecule has 1 atom stereocenters. The molecule has 172 valence electrons. The number of thioether (sulfide) groups is 2. The number of Topliss-reactive ketones (excluding diaryl/α,β-unsaturated/α-hetero) is 1. The zero-order valence-electron chi connectivity index (χ0n) is 18.1. The summed E-state index contributed by atoms with van der Waals surface area (Å²) in [7, 11) is 2.47. The number of esters is 2. The molecule has 0 heterocycles. The predicted octanol–water partition coefficient (Wildman–Crippen LogP) is 3.30. The number of hydrogen-bond acceptors (Lipinski definition) is 10. The Morgan fingerprint density at radius 2 is 1.69 bits per heavy atom. The van der Waals surface area contributed by atoms with Crippen LogP contribution in [0.1, 0.15) is 41.0 Å². The molecule has 0 saturated heterocycles. The van der Waals surface area contributed by atoms with Crippen LogP contribution in [0.25, 0.3) is 0 Å². The van der Waals surface area contributed by atoms with E-state index in [0.717, 1.165) is 41.2 Å². The zero-order chi connectivity index (χ0) is 24.0. The molecule has 1 unspecified atom stereocenters. The van der Waals surface area contributed by atoms with E-state index < -0.39 is 40.3 Å². The molecule has 0 radical (unpaired) electrons. The normalized spacial score (nSPS) is 13.7. The molecule has 0 amide bonds. The van der Waals surface area contributed by atoms with E-state index in [1.165, 1.54) is 14.2 Å². The number of rotatable bonds is 9. The minimum atomic E-state index is -0.632. The lowest BCUT2D eigenvalue weighted by atomic mass is 9.86. The van der Waals surface area contributed by atoms with E-state index in [1.54, 1.807) is 0 Å². The van der Waals surface area contributed by atoms with Gasteiger partial charge in [0.2, 0.25) is 0 Å². The summed E-state index contributed by atoms with van der Waals surface area (Å²) in [4.78, 5) is 49.3. The second-order valence-corrected chi connectivity index (χ2v) is 9.25. The molecular formula is C22H24O8S2. The van der Waals surface area contributed by atoms with Gasteiger partial charge in [0, 0.05) is 10.8 Å². The van der Waals surface area contributed by atoms with Crippen LogP contribution in [0.2, 0.25) is 0 Å². The SMILES string of the molecule is COC(=O)CSc1cc(O)c2c(c1O)C(=O)C(C(CC=C(C)C)SCC(=O)OC)=CC2=O. The number of allylic oxidation sites excluding steroid dienone is 3. The van der Waals surface area contributed by atoms with E-state index in [9.17, 15) is 29.4 Å². The smallest absolute Gasteiger partial charge is 0.315 e. The van der Waals surface area contributed by atoms with Crippen molar-refractivity contribution < 1.29 is 38.9 Å². The van der Waals surface area contributed by atoms with E-state index in [2.05, 4.69) is 9.47 Å². The second kappa shape index (κ2) is 11.2. The number of phenolic OH excluding ortho intramolecular Hbond substituents is 2. The topological polar surface area (TPSA) is 127 Å². The predicted molar refractivity (Wildman–Crippen MR) is 122 cm³/mol. The number of fused-ring (bicyclic) bond motifs is 1. The van der Waals surface area contributed by atoms with Crippen molar-refractivity contribution in [3.05, 3.63) is 40.5 Å². The Hall–Kier alpha value is -2.72. The van der Waals surface area contributed by atoms with Crippen molar-refractivity contribution >= 4 is 47.0 Å². The van der Waals surface area contributed by atoms with Gasteiger partial charge in [0.05, 0.1) is 41.7 Å². The summed E-state index contributed by atoms with van der Waals surface area (Å²) in [6.45, 7) is 3.77. The fraction of sp³-hybridized carbons (Fsp3) is 0.364. The molecule has 2 rings (SSSR count). The van der Waals surface area contributed by atoms with E-state index >= 15 is 0 Å². The van der Waals surface area contributed by atoms with Crippen molar-refractivity contribution in [3.63, 3.8) is 0 Å². The quantitative estimate of drug-likeness (QED) is 0.235. The molecule has 2 N–H and O–H groups in total. The van der Waals surface area contributed by atoms with Crippen LogP contribution in [0.5, 0.6) is 11.5 Å². The van der Waals surface area contributed by atoms with E-state index in [-0.39, 0.29) is 33.1 Å². The first-order valence-electron chi connectivity index (χ1n) is 9.51. The number of carbonyl (C=O) groups excluding carboxylic acids is 4. The van der Waals surface area contributed by atoms with Crippen molar-refractivity contribution in [3.8, 4) is 11.5 Å². The summed E-state index contributed by atoms with van der Waals surface area (Å²) >= 11 is 2.01. The molecule has 0 aromatic heterocycles. The van der Waals surface area contributed by atoms with Gasteiger partial charge in [-0.3, -0.25) is 19.2 Å². The van der Waals surface area contributed by atoms with Gasteiger partial charge in [-0.25, -0.2) is 0 Å². The van der Waals surface area contributed by atoms with Gasteiger partial charge < -0.3 is 19.7 Å². The van der Waals surface area contributed by atoms with Gasteiger partial charge >= 0.3 is 11.9 Å². The monoisotopic (exact) mass is 480 g/mol. The Kier molecular flexibility index (Phi) is 8.97. The van der Waals surface area contributed by atoms with E-state index in [4.69, 9.17) is 0 Å². The Balaban J connectivity index is 2.48. The van der Waals surface area contributed by atoms with Gasteiger partial charge in [-0.1, -0.05) is 11.6 Å². The average molecular weight is 481 g/mol. The first-order valence-corrected chi connectivity index (χ1v) is 11.5. The molecule has 0 saturated carbocycles. The molecule has 0 aliphatic heterocycles. The van der Waals surface area contributed by atoms with Gasteiger partial charge in [-0.15, -0.1) is 23.5 Å². The summed E-state index contributed by atoms with van der Waals surface area (Å²) in [6.07, 6.45) is 3.38. The number of hydrogen-bond donors (Lipinski definition) is 2. The van der Waals surface area contributed by atoms with Crippen LogP contribution in [-0.4, -0.2) is 64.7 Å². The second-order valence-electron chi connectivity index (χ2n) is 7.04. The third-order valence-electron chi connectivity index (χ3n) is 4.56. The highest BCUT2D eigenvalue weighted by atomic mass is 32.2. The van der Waals surface area contributed by atoms with Crippen molar-refractivity contribution in [1.29, 1.82) is 0 Å². The van der Waals surface area contributed by atoms with Crippen LogP contribution in [-0.2, 0) is 19.1 Å². The van der Waals surface area contributed by atoms with Crippen LogP contribution < -0.4 is 0 Å². The fourth-order valence-corrected chi connectivity index (χ4v) is 4.80. The maximum Gasteiger partial charge on any atom is 0.315 e. The molecule has 0 fully saturated rings. The highest BCUT2D eigenvalue weighted by Crippen LogP contribution is 2.43. The lowest BCUT2D eigenvalue weighted by molar-refractivity contribution is -0.138.